The first-order valence-corrected chi connectivity index (χ1v) is 13.5. The van der Waals surface area contributed by atoms with E-state index in [-0.39, 0.29) is 39.7 Å². The summed E-state index contributed by atoms with van der Waals surface area (Å²) < 4.78 is 70.0. The highest BCUT2D eigenvalue weighted by atomic mass is 32.2. The molecule has 1 aliphatic heterocycles. The van der Waals surface area contributed by atoms with Gasteiger partial charge in [-0.2, -0.15) is 21.6 Å². The van der Waals surface area contributed by atoms with Gasteiger partial charge in [-0.15, -0.1) is 20.4 Å². The summed E-state index contributed by atoms with van der Waals surface area (Å²) >= 11 is 0.778. The third-order valence-electron chi connectivity index (χ3n) is 5.37. The number of hydrogen-bond acceptors (Lipinski definition) is 10. The Morgan fingerprint density at radius 2 is 1.94 bits per heavy atom. The van der Waals surface area contributed by atoms with Gasteiger partial charge in [0, 0.05) is 17.8 Å². The van der Waals surface area contributed by atoms with E-state index in [0.717, 1.165) is 29.7 Å². The standard InChI is InChI=1S/C21H27F3N6O4S2/c1-6-14-8-7-13-9-15(25-27-20-28-26-18(35-20)19(31)34-12(4)5)16(10-17(13)30(14)11(2)3)29-36(32,33)21(22,23)24/h9-12,14,29H,6-8H2,1-5H3. The van der Waals surface area contributed by atoms with Gasteiger partial charge in [-0.1, -0.05) is 18.3 Å². The average molecular weight is 549 g/mol. The fourth-order valence-corrected chi connectivity index (χ4v) is 5.00. The van der Waals surface area contributed by atoms with Crippen molar-refractivity contribution >= 4 is 49.5 Å². The molecule has 1 aromatic heterocycles. The minimum Gasteiger partial charge on any atom is -0.458 e. The van der Waals surface area contributed by atoms with Crippen LogP contribution in [0.15, 0.2) is 22.4 Å². The number of esters is 1. The molecule has 2 aromatic rings. The number of fused-ring (bicyclic) bond motifs is 1. The summed E-state index contributed by atoms with van der Waals surface area (Å²) in [6.45, 7) is 9.28. The smallest absolute Gasteiger partial charge is 0.458 e. The van der Waals surface area contributed by atoms with Crippen molar-refractivity contribution in [2.24, 2.45) is 10.2 Å². The van der Waals surface area contributed by atoms with Crippen molar-refractivity contribution in [3.63, 3.8) is 0 Å². The normalized spacial score (nSPS) is 16.6. The van der Waals surface area contributed by atoms with Crippen molar-refractivity contribution in [1.29, 1.82) is 0 Å². The van der Waals surface area contributed by atoms with Crippen LogP contribution in [0.4, 0.5) is 35.4 Å². The van der Waals surface area contributed by atoms with Gasteiger partial charge < -0.3 is 9.64 Å². The first kappa shape index (κ1) is 27.8. The van der Waals surface area contributed by atoms with Crippen LogP contribution in [0.5, 0.6) is 0 Å². The van der Waals surface area contributed by atoms with E-state index in [9.17, 15) is 26.4 Å². The molecule has 0 saturated carbocycles. The molecule has 10 nitrogen and oxygen atoms in total. The van der Waals surface area contributed by atoms with Gasteiger partial charge in [0.1, 0.15) is 5.69 Å². The number of hydrogen-bond donors (Lipinski definition) is 1. The lowest BCUT2D eigenvalue weighted by molar-refractivity contribution is -0.0429. The molecule has 15 heteroatoms. The Morgan fingerprint density at radius 1 is 1.25 bits per heavy atom. The molecule has 0 bridgehead atoms. The number of anilines is 2. The van der Waals surface area contributed by atoms with Crippen LogP contribution in [0, 0.1) is 0 Å². The van der Waals surface area contributed by atoms with Crippen molar-refractivity contribution in [2.45, 2.75) is 77.6 Å². The number of nitrogens with one attached hydrogen (secondary N) is 1. The summed E-state index contributed by atoms with van der Waals surface area (Å²) in [5, 5.41) is 15.1. The molecule has 0 amide bonds. The van der Waals surface area contributed by atoms with Crippen molar-refractivity contribution in [2.75, 3.05) is 9.62 Å². The molecular weight excluding hydrogens is 521 g/mol. The molecule has 0 saturated heterocycles. The van der Waals surface area contributed by atoms with Crippen LogP contribution in [-0.4, -0.2) is 48.3 Å². The predicted molar refractivity (Wildman–Crippen MR) is 130 cm³/mol. The molecule has 0 fully saturated rings. The molecule has 1 unspecified atom stereocenters. The number of halogens is 3. The second-order valence-electron chi connectivity index (χ2n) is 8.69. The maximum absolute atomic E-state index is 13.2. The molecule has 0 spiro atoms. The van der Waals surface area contributed by atoms with Crippen LogP contribution < -0.4 is 9.62 Å². The Morgan fingerprint density at radius 3 is 2.53 bits per heavy atom. The van der Waals surface area contributed by atoms with Gasteiger partial charge in [-0.05, 0) is 64.7 Å². The number of sulfonamides is 1. The number of rotatable bonds is 8. The van der Waals surface area contributed by atoms with E-state index in [1.165, 1.54) is 12.1 Å². The molecule has 36 heavy (non-hydrogen) atoms. The van der Waals surface area contributed by atoms with E-state index in [4.69, 9.17) is 4.74 Å². The van der Waals surface area contributed by atoms with E-state index < -0.39 is 21.5 Å². The highest BCUT2D eigenvalue weighted by Gasteiger charge is 2.46. The summed E-state index contributed by atoms with van der Waals surface area (Å²) in [5.41, 5.74) is -4.58. The average Bonchev–Trinajstić information content (AvgIpc) is 3.24. The number of nitrogens with zero attached hydrogens (tertiary/aromatic N) is 5. The van der Waals surface area contributed by atoms with Crippen molar-refractivity contribution in [3.05, 3.63) is 22.7 Å². The van der Waals surface area contributed by atoms with Gasteiger partial charge in [0.25, 0.3) is 5.13 Å². The second kappa shape index (κ2) is 10.7. The summed E-state index contributed by atoms with van der Waals surface area (Å²) in [6, 6.07) is 3.06. The topological polar surface area (TPSA) is 126 Å². The number of aromatic nitrogens is 2. The van der Waals surface area contributed by atoms with Gasteiger partial charge >= 0.3 is 21.5 Å². The Balaban J connectivity index is 2.04. The van der Waals surface area contributed by atoms with Crippen LogP contribution >= 0.6 is 11.3 Å². The van der Waals surface area contributed by atoms with Crippen LogP contribution in [-0.2, 0) is 21.2 Å². The summed E-state index contributed by atoms with van der Waals surface area (Å²) in [6.07, 6.45) is 1.91. The molecule has 1 atom stereocenters. The summed E-state index contributed by atoms with van der Waals surface area (Å²) in [5.74, 6) is -0.699. The number of benzene rings is 1. The van der Waals surface area contributed by atoms with E-state index >= 15 is 0 Å². The number of carbonyl (C=O) groups is 1. The Kier molecular flexibility index (Phi) is 8.23. The monoisotopic (exact) mass is 548 g/mol. The van der Waals surface area contributed by atoms with Crippen LogP contribution in [0.2, 0.25) is 0 Å². The maximum Gasteiger partial charge on any atom is 0.516 e. The van der Waals surface area contributed by atoms with Gasteiger partial charge in [-0.25, -0.2) is 4.79 Å². The molecule has 1 N–H and O–H groups in total. The molecule has 1 aliphatic rings. The highest BCUT2D eigenvalue weighted by molar-refractivity contribution is 7.93. The summed E-state index contributed by atoms with van der Waals surface area (Å²) in [7, 11) is -5.72. The van der Waals surface area contributed by atoms with Crippen LogP contribution in [0.25, 0.3) is 0 Å². The molecule has 2 heterocycles. The van der Waals surface area contributed by atoms with Gasteiger partial charge in [-0.3, -0.25) is 4.72 Å². The summed E-state index contributed by atoms with van der Waals surface area (Å²) in [4.78, 5) is 14.0. The maximum atomic E-state index is 13.2. The first-order valence-electron chi connectivity index (χ1n) is 11.2. The fourth-order valence-electron chi connectivity index (χ4n) is 3.89. The largest absolute Gasteiger partial charge is 0.516 e. The van der Waals surface area contributed by atoms with Gasteiger partial charge in [0.05, 0.1) is 11.8 Å². The molecule has 3 rings (SSSR count). The molecule has 1 aromatic carbocycles. The zero-order valence-electron chi connectivity index (χ0n) is 20.3. The van der Waals surface area contributed by atoms with E-state index in [0.29, 0.717) is 12.1 Å². The minimum atomic E-state index is -5.72. The van der Waals surface area contributed by atoms with E-state index in [2.05, 4.69) is 25.3 Å². The SMILES string of the molecule is CCC1CCc2cc(N=Nc3nnc(C(=O)OC(C)C)s3)c(NS(=O)(=O)C(F)(F)F)cc2N1C(C)C. The molecular formula is C21H27F3N6O4S2. The lowest BCUT2D eigenvalue weighted by Crippen LogP contribution is -2.43. The van der Waals surface area contributed by atoms with E-state index in [1.807, 2.05) is 20.8 Å². The lowest BCUT2D eigenvalue weighted by Gasteiger charge is -2.42. The minimum absolute atomic E-state index is 0.0268. The Bertz CT molecular complexity index is 1240. The number of azo groups is 1. The number of aryl methyl sites for hydroxylation is 1. The van der Waals surface area contributed by atoms with Crippen LogP contribution in [0.1, 0.15) is 62.8 Å². The second-order valence-corrected chi connectivity index (χ2v) is 11.3. The number of ether oxygens (including phenoxy) is 1. The lowest BCUT2D eigenvalue weighted by atomic mass is 9.92. The zero-order valence-corrected chi connectivity index (χ0v) is 22.0. The Labute approximate surface area is 211 Å². The molecule has 198 valence electrons. The quantitative estimate of drug-likeness (QED) is 0.330. The van der Waals surface area contributed by atoms with Crippen molar-refractivity contribution in [3.8, 4) is 0 Å². The van der Waals surface area contributed by atoms with Crippen LogP contribution in [0.3, 0.4) is 0 Å². The molecule has 0 radical (unpaired) electrons. The zero-order chi connectivity index (χ0) is 26.8. The number of carbonyl (C=O) groups excluding carboxylic acids is 1. The number of alkyl halides is 3. The predicted octanol–water partition coefficient (Wildman–Crippen LogP) is 5.72. The molecule has 0 aliphatic carbocycles. The van der Waals surface area contributed by atoms with Crippen molar-refractivity contribution < 1.29 is 31.1 Å². The van der Waals surface area contributed by atoms with E-state index in [1.54, 1.807) is 18.6 Å². The fraction of sp³-hybridized carbons (Fsp3) is 0.571. The first-order chi connectivity index (χ1) is 16.7. The van der Waals surface area contributed by atoms with Gasteiger partial charge in [0.15, 0.2) is 0 Å². The third kappa shape index (κ3) is 6.11. The van der Waals surface area contributed by atoms with Crippen molar-refractivity contribution in [1.82, 2.24) is 10.2 Å². The highest BCUT2D eigenvalue weighted by Crippen LogP contribution is 2.42. The van der Waals surface area contributed by atoms with Gasteiger partial charge in [0.2, 0.25) is 5.01 Å². The third-order valence-corrected chi connectivity index (χ3v) is 7.25. The Hall–Kier alpha value is -2.81.